The Morgan fingerprint density at radius 2 is 2.07 bits per heavy atom. The lowest BCUT2D eigenvalue weighted by Gasteiger charge is -2.19. The van der Waals surface area contributed by atoms with Gasteiger partial charge in [0.05, 0.1) is 11.1 Å². The van der Waals surface area contributed by atoms with Crippen molar-refractivity contribution in [3.8, 4) is 11.8 Å². The Balaban J connectivity index is 1.52. The fourth-order valence-corrected chi connectivity index (χ4v) is 3.45. The van der Waals surface area contributed by atoms with Crippen molar-refractivity contribution in [2.45, 2.75) is 19.5 Å². The molecule has 0 N–H and O–H groups in total. The molecule has 2 aromatic carbocycles. The third-order valence-corrected chi connectivity index (χ3v) is 4.94. The molecule has 4 nitrogen and oxygen atoms in total. The number of oxazole rings is 1. The van der Waals surface area contributed by atoms with E-state index in [2.05, 4.69) is 16.8 Å². The van der Waals surface area contributed by atoms with Crippen molar-refractivity contribution in [2.75, 3.05) is 13.1 Å². The summed E-state index contributed by atoms with van der Waals surface area (Å²) in [6, 6.07) is 7.90. The molecule has 0 spiro atoms. The summed E-state index contributed by atoms with van der Waals surface area (Å²) < 4.78 is 58.9. The van der Waals surface area contributed by atoms with Gasteiger partial charge in [0.1, 0.15) is 5.52 Å². The minimum absolute atomic E-state index is 0.0177. The van der Waals surface area contributed by atoms with E-state index < -0.39 is 23.5 Å². The number of nitrogens with zero attached hydrogens (tertiary/aromatic N) is 2. The fraction of sp³-hybridized carbons (Fsp3) is 0.273. The second kappa shape index (κ2) is 7.48. The number of aromatic nitrogens is 1. The third kappa shape index (κ3) is 3.88. The Bertz CT molecular complexity index is 1190. The van der Waals surface area contributed by atoms with Crippen LogP contribution in [0.15, 0.2) is 40.8 Å². The molecule has 0 radical (unpaired) electrons. The van der Waals surface area contributed by atoms with Crippen molar-refractivity contribution >= 4 is 17.0 Å². The molecule has 1 amide bonds. The minimum Gasteiger partial charge on any atom is -0.427 e. The molecule has 0 bridgehead atoms. The molecule has 0 aliphatic carbocycles. The normalized spacial score (nSPS) is 16.6. The molecule has 0 unspecified atom stereocenters. The van der Waals surface area contributed by atoms with Crippen LogP contribution in [0.4, 0.5) is 17.6 Å². The van der Waals surface area contributed by atoms with Gasteiger partial charge in [0.2, 0.25) is 0 Å². The Hall–Kier alpha value is -3.34. The quantitative estimate of drug-likeness (QED) is 0.423. The summed E-state index contributed by atoms with van der Waals surface area (Å²) in [5.74, 6) is 4.27. The van der Waals surface area contributed by atoms with Crippen molar-refractivity contribution in [2.24, 2.45) is 5.92 Å². The van der Waals surface area contributed by atoms with Crippen LogP contribution >= 0.6 is 0 Å². The first-order valence-electron chi connectivity index (χ1n) is 9.26. The van der Waals surface area contributed by atoms with Gasteiger partial charge in [0, 0.05) is 19.0 Å². The highest BCUT2D eigenvalue weighted by Gasteiger charge is 2.37. The molecule has 30 heavy (non-hydrogen) atoms. The molecule has 8 heteroatoms. The summed E-state index contributed by atoms with van der Waals surface area (Å²) in [7, 11) is 0. The highest BCUT2D eigenvalue weighted by molar-refractivity contribution is 5.96. The second-order valence-corrected chi connectivity index (χ2v) is 7.16. The van der Waals surface area contributed by atoms with Gasteiger partial charge in [-0.3, -0.25) is 4.79 Å². The molecule has 2 heterocycles. The highest BCUT2D eigenvalue weighted by Crippen LogP contribution is 2.33. The molecule has 1 atom stereocenters. The van der Waals surface area contributed by atoms with E-state index in [1.807, 2.05) is 0 Å². The van der Waals surface area contributed by atoms with Gasteiger partial charge in [-0.25, -0.2) is 9.37 Å². The number of aryl methyl sites for hydroxylation is 1. The van der Waals surface area contributed by atoms with Crippen LogP contribution in [0.1, 0.15) is 33.8 Å². The molecular formula is C22H16F4N2O2. The molecule has 3 aromatic rings. The molecule has 1 aliphatic heterocycles. The number of amides is 1. The SMILES string of the molecule is Cc1ccc(C(F)(F)F)c(C(=O)N2CC[C@@H](C#Cc3nc4cccc(F)c4o3)C2)c1. The monoisotopic (exact) mass is 416 g/mol. The van der Waals surface area contributed by atoms with Crippen molar-refractivity contribution in [3.63, 3.8) is 0 Å². The second-order valence-electron chi connectivity index (χ2n) is 7.16. The largest absolute Gasteiger partial charge is 0.427 e. The number of alkyl halides is 3. The number of benzene rings is 2. The van der Waals surface area contributed by atoms with E-state index in [9.17, 15) is 22.4 Å². The summed E-state index contributed by atoms with van der Waals surface area (Å²) in [5, 5.41) is 0. The lowest BCUT2D eigenvalue weighted by atomic mass is 10.0. The zero-order chi connectivity index (χ0) is 21.5. The highest BCUT2D eigenvalue weighted by atomic mass is 19.4. The average Bonchev–Trinajstić information content (AvgIpc) is 3.32. The van der Waals surface area contributed by atoms with Gasteiger partial charge in [-0.2, -0.15) is 13.2 Å². The maximum absolute atomic E-state index is 13.7. The Morgan fingerprint density at radius 3 is 2.80 bits per heavy atom. The molecule has 4 rings (SSSR count). The Labute approximate surface area is 169 Å². The smallest absolute Gasteiger partial charge is 0.417 e. The van der Waals surface area contributed by atoms with E-state index in [0.29, 0.717) is 24.0 Å². The predicted molar refractivity (Wildman–Crippen MR) is 101 cm³/mol. The fourth-order valence-electron chi connectivity index (χ4n) is 3.45. The lowest BCUT2D eigenvalue weighted by Crippen LogP contribution is -2.30. The average molecular weight is 416 g/mol. The van der Waals surface area contributed by atoms with Crippen LogP contribution in [0.25, 0.3) is 11.1 Å². The Morgan fingerprint density at radius 1 is 1.27 bits per heavy atom. The number of rotatable bonds is 1. The molecule has 1 saturated heterocycles. The zero-order valence-corrected chi connectivity index (χ0v) is 15.9. The Kier molecular flexibility index (Phi) is 4.98. The van der Waals surface area contributed by atoms with Gasteiger partial charge >= 0.3 is 6.18 Å². The topological polar surface area (TPSA) is 46.3 Å². The van der Waals surface area contributed by atoms with Crippen molar-refractivity contribution < 1.29 is 26.8 Å². The van der Waals surface area contributed by atoms with E-state index in [0.717, 1.165) is 6.07 Å². The molecule has 0 saturated carbocycles. The van der Waals surface area contributed by atoms with Crippen molar-refractivity contribution in [3.05, 3.63) is 64.8 Å². The number of hydrogen-bond acceptors (Lipinski definition) is 3. The first kappa shape index (κ1) is 20.0. The van der Waals surface area contributed by atoms with Crippen molar-refractivity contribution in [1.29, 1.82) is 0 Å². The number of carbonyl (C=O) groups is 1. The van der Waals surface area contributed by atoms with Crippen LogP contribution in [-0.2, 0) is 6.18 Å². The van der Waals surface area contributed by atoms with Crippen LogP contribution in [-0.4, -0.2) is 28.9 Å². The molecule has 1 fully saturated rings. The van der Waals surface area contributed by atoms with Crippen LogP contribution in [0, 0.1) is 30.5 Å². The van der Waals surface area contributed by atoms with Crippen LogP contribution in [0.3, 0.4) is 0 Å². The number of para-hydroxylation sites is 1. The summed E-state index contributed by atoms with van der Waals surface area (Å²) >= 11 is 0. The lowest BCUT2D eigenvalue weighted by molar-refractivity contribution is -0.138. The van der Waals surface area contributed by atoms with Gasteiger partial charge in [0.15, 0.2) is 11.4 Å². The van der Waals surface area contributed by atoms with Gasteiger partial charge in [-0.05, 0) is 43.5 Å². The molecule has 1 aliphatic rings. The van der Waals surface area contributed by atoms with E-state index in [4.69, 9.17) is 4.42 Å². The predicted octanol–water partition coefficient (Wildman–Crippen LogP) is 4.81. The summed E-state index contributed by atoms with van der Waals surface area (Å²) in [5.41, 5.74) is -0.359. The van der Waals surface area contributed by atoms with E-state index in [-0.39, 0.29) is 29.5 Å². The first-order chi connectivity index (χ1) is 14.2. The van der Waals surface area contributed by atoms with E-state index in [1.54, 1.807) is 13.0 Å². The summed E-state index contributed by atoms with van der Waals surface area (Å²) in [6.45, 7) is 2.13. The zero-order valence-electron chi connectivity index (χ0n) is 15.9. The first-order valence-corrected chi connectivity index (χ1v) is 9.26. The van der Waals surface area contributed by atoms with E-state index in [1.165, 1.54) is 29.2 Å². The van der Waals surface area contributed by atoms with E-state index >= 15 is 0 Å². The minimum atomic E-state index is -4.61. The van der Waals surface area contributed by atoms with Crippen LogP contribution in [0.5, 0.6) is 0 Å². The number of likely N-dealkylation sites (tertiary alicyclic amines) is 1. The molecule has 1 aromatic heterocycles. The van der Waals surface area contributed by atoms with Gasteiger partial charge in [-0.1, -0.05) is 23.6 Å². The number of hydrogen-bond donors (Lipinski definition) is 0. The number of carbonyl (C=O) groups excluding carboxylic acids is 1. The van der Waals surface area contributed by atoms with Crippen LogP contribution in [0.2, 0.25) is 0 Å². The van der Waals surface area contributed by atoms with Crippen LogP contribution < -0.4 is 0 Å². The molecular weight excluding hydrogens is 400 g/mol. The standard InChI is InChI=1S/C22H16F4N2O2/c1-13-5-7-16(22(24,25)26)15(11-13)21(29)28-10-9-14(12-28)6-8-19-27-18-4-2-3-17(23)20(18)30-19/h2-5,7,11,14H,9-10,12H2,1H3/t14-/m1/s1. The maximum Gasteiger partial charge on any atom is 0.417 e. The third-order valence-electron chi connectivity index (χ3n) is 4.94. The summed E-state index contributed by atoms with van der Waals surface area (Å²) in [6.07, 6.45) is -4.10. The number of fused-ring (bicyclic) bond motifs is 1. The molecule has 154 valence electrons. The maximum atomic E-state index is 13.7. The van der Waals surface area contributed by atoms with Gasteiger partial charge < -0.3 is 9.32 Å². The van der Waals surface area contributed by atoms with Gasteiger partial charge in [-0.15, -0.1) is 0 Å². The van der Waals surface area contributed by atoms with Gasteiger partial charge in [0.25, 0.3) is 11.8 Å². The summed E-state index contributed by atoms with van der Waals surface area (Å²) in [4.78, 5) is 18.2. The van der Waals surface area contributed by atoms with Crippen molar-refractivity contribution in [1.82, 2.24) is 9.88 Å². The number of halogens is 4.